The van der Waals surface area contributed by atoms with E-state index in [2.05, 4.69) is 5.10 Å². The van der Waals surface area contributed by atoms with Crippen LogP contribution in [0.15, 0.2) is 17.1 Å². The van der Waals surface area contributed by atoms with Crippen molar-refractivity contribution in [2.75, 3.05) is 6.26 Å². The van der Waals surface area contributed by atoms with Gasteiger partial charge >= 0.3 is 0 Å². The Hall–Kier alpha value is -1.40. The largest absolute Gasteiger partial charge is 0.504 e. The fraction of sp³-hybridized carbons (Fsp3) is 0.111. The predicted molar refractivity (Wildman–Crippen MR) is 63.3 cm³/mol. The fourth-order valence-electron chi connectivity index (χ4n) is 1.34. The van der Waals surface area contributed by atoms with Crippen LogP contribution in [0.3, 0.4) is 0 Å². The van der Waals surface area contributed by atoms with Gasteiger partial charge in [0.2, 0.25) is 0 Å². The van der Waals surface area contributed by atoms with E-state index in [1.807, 2.05) is 0 Å². The van der Waals surface area contributed by atoms with Crippen LogP contribution in [0.5, 0.6) is 11.5 Å². The zero-order chi connectivity index (χ0) is 11.9. The molecular formula is C9H7ClN2O3S. The SMILES string of the molecule is CSn1ncc2c(Cl)c(O)c(O)cc2c1=O. The van der Waals surface area contributed by atoms with E-state index < -0.39 is 11.5 Å². The van der Waals surface area contributed by atoms with Crippen LogP contribution in [0.2, 0.25) is 5.02 Å². The molecule has 0 saturated carbocycles. The van der Waals surface area contributed by atoms with Crippen molar-refractivity contribution in [2.24, 2.45) is 0 Å². The first kappa shape index (κ1) is 11.1. The Morgan fingerprint density at radius 3 is 2.75 bits per heavy atom. The molecule has 0 aliphatic heterocycles. The van der Waals surface area contributed by atoms with Crippen molar-refractivity contribution >= 4 is 34.3 Å². The van der Waals surface area contributed by atoms with E-state index in [0.29, 0.717) is 5.39 Å². The molecule has 0 amide bonds. The highest BCUT2D eigenvalue weighted by atomic mass is 35.5. The summed E-state index contributed by atoms with van der Waals surface area (Å²) in [6.45, 7) is 0. The van der Waals surface area contributed by atoms with Gasteiger partial charge in [0, 0.05) is 11.6 Å². The molecule has 5 nitrogen and oxygen atoms in total. The normalized spacial score (nSPS) is 10.9. The molecule has 0 fully saturated rings. The lowest BCUT2D eigenvalue weighted by molar-refractivity contribution is 0.405. The minimum Gasteiger partial charge on any atom is -0.504 e. The van der Waals surface area contributed by atoms with E-state index in [4.69, 9.17) is 11.6 Å². The second-order valence-corrected chi connectivity index (χ2v) is 4.11. The van der Waals surface area contributed by atoms with Crippen LogP contribution in [-0.2, 0) is 0 Å². The van der Waals surface area contributed by atoms with Crippen molar-refractivity contribution in [3.63, 3.8) is 0 Å². The second-order valence-electron chi connectivity index (χ2n) is 3.02. The van der Waals surface area contributed by atoms with Crippen molar-refractivity contribution in [1.29, 1.82) is 0 Å². The number of rotatable bonds is 1. The Bertz CT molecular complexity index is 626. The lowest BCUT2D eigenvalue weighted by atomic mass is 10.2. The maximum atomic E-state index is 11.8. The van der Waals surface area contributed by atoms with Gasteiger partial charge in [-0.2, -0.15) is 9.19 Å². The van der Waals surface area contributed by atoms with Crippen molar-refractivity contribution in [3.8, 4) is 11.5 Å². The zero-order valence-electron chi connectivity index (χ0n) is 8.14. The third kappa shape index (κ3) is 1.50. The first-order valence-corrected chi connectivity index (χ1v) is 5.79. The van der Waals surface area contributed by atoms with Crippen LogP contribution in [0.1, 0.15) is 0 Å². The summed E-state index contributed by atoms with van der Waals surface area (Å²) in [5, 5.41) is 23.1. The molecule has 0 radical (unpaired) electrons. The average molecular weight is 259 g/mol. The van der Waals surface area contributed by atoms with E-state index >= 15 is 0 Å². The van der Waals surface area contributed by atoms with Crippen molar-refractivity contribution in [1.82, 2.24) is 9.19 Å². The molecule has 1 heterocycles. The number of aromatic nitrogens is 2. The summed E-state index contributed by atoms with van der Waals surface area (Å²) in [7, 11) is 0. The second kappa shape index (κ2) is 3.88. The smallest absolute Gasteiger partial charge is 0.285 e. The molecular weight excluding hydrogens is 252 g/mol. The quantitative estimate of drug-likeness (QED) is 0.760. The number of halogens is 1. The minimum absolute atomic E-state index is 0.0761. The number of benzene rings is 1. The first-order chi connectivity index (χ1) is 7.56. The molecule has 16 heavy (non-hydrogen) atoms. The van der Waals surface area contributed by atoms with Crippen LogP contribution in [0, 0.1) is 0 Å². The summed E-state index contributed by atoms with van der Waals surface area (Å²) in [6.07, 6.45) is 3.07. The third-order valence-corrected chi connectivity index (χ3v) is 3.12. The van der Waals surface area contributed by atoms with E-state index in [1.165, 1.54) is 12.3 Å². The Balaban J connectivity index is 2.97. The molecule has 0 saturated heterocycles. The molecule has 0 unspecified atom stereocenters. The molecule has 0 atom stereocenters. The maximum Gasteiger partial charge on any atom is 0.285 e. The molecule has 7 heteroatoms. The third-order valence-electron chi connectivity index (χ3n) is 2.13. The van der Waals surface area contributed by atoms with E-state index in [1.54, 1.807) is 6.26 Å². The average Bonchev–Trinajstić information content (AvgIpc) is 2.28. The van der Waals surface area contributed by atoms with Crippen LogP contribution in [-0.4, -0.2) is 25.7 Å². The van der Waals surface area contributed by atoms with Gasteiger partial charge in [0.05, 0.1) is 16.6 Å². The van der Waals surface area contributed by atoms with Gasteiger partial charge in [0.25, 0.3) is 5.56 Å². The highest BCUT2D eigenvalue weighted by Gasteiger charge is 2.14. The van der Waals surface area contributed by atoms with E-state index in [9.17, 15) is 15.0 Å². The van der Waals surface area contributed by atoms with Gasteiger partial charge in [0.15, 0.2) is 11.5 Å². The monoisotopic (exact) mass is 258 g/mol. The minimum atomic E-state index is -0.447. The Morgan fingerprint density at radius 2 is 2.12 bits per heavy atom. The highest BCUT2D eigenvalue weighted by Crippen LogP contribution is 2.37. The number of hydrogen-bond donors (Lipinski definition) is 2. The molecule has 84 valence electrons. The number of aromatic hydroxyl groups is 2. The van der Waals surface area contributed by atoms with Gasteiger partial charge in [-0.15, -0.1) is 0 Å². The zero-order valence-corrected chi connectivity index (χ0v) is 9.71. The van der Waals surface area contributed by atoms with Gasteiger partial charge in [-0.3, -0.25) is 4.79 Å². The molecule has 1 aromatic heterocycles. The Morgan fingerprint density at radius 1 is 1.44 bits per heavy atom. The van der Waals surface area contributed by atoms with E-state index in [0.717, 1.165) is 16.0 Å². The van der Waals surface area contributed by atoms with Gasteiger partial charge < -0.3 is 10.2 Å². The van der Waals surface area contributed by atoms with E-state index in [-0.39, 0.29) is 16.0 Å². The number of nitrogens with zero attached hydrogens (tertiary/aromatic N) is 2. The summed E-state index contributed by atoms with van der Waals surface area (Å²) in [5.74, 6) is -0.870. The van der Waals surface area contributed by atoms with Gasteiger partial charge in [0.1, 0.15) is 0 Å². The number of phenolic OH excluding ortho intramolecular Hbond substituents is 2. The molecule has 0 aliphatic rings. The highest BCUT2D eigenvalue weighted by molar-refractivity contribution is 7.97. The Labute approximate surface area is 99.4 Å². The fourth-order valence-corrected chi connectivity index (χ4v) is 1.99. The Kier molecular flexibility index (Phi) is 2.69. The summed E-state index contributed by atoms with van der Waals surface area (Å²) in [4.78, 5) is 11.8. The molecule has 0 spiro atoms. The number of fused-ring (bicyclic) bond motifs is 1. The lowest BCUT2D eigenvalue weighted by Gasteiger charge is -2.06. The lowest BCUT2D eigenvalue weighted by Crippen LogP contribution is -2.17. The molecule has 0 bridgehead atoms. The molecule has 2 N–H and O–H groups in total. The van der Waals surface area contributed by atoms with Crippen LogP contribution >= 0.6 is 23.5 Å². The number of hydrogen-bond acceptors (Lipinski definition) is 5. The summed E-state index contributed by atoms with van der Waals surface area (Å²) in [5.41, 5.74) is -0.387. The first-order valence-electron chi connectivity index (χ1n) is 4.23. The van der Waals surface area contributed by atoms with Gasteiger partial charge in [-0.1, -0.05) is 11.6 Å². The van der Waals surface area contributed by atoms with Crippen LogP contribution in [0.25, 0.3) is 10.8 Å². The summed E-state index contributed by atoms with van der Waals surface area (Å²) in [6, 6.07) is 1.17. The number of phenols is 2. The standard InChI is InChI=1S/C9H7ClN2O3S/c1-16-12-9(15)4-2-6(13)8(14)7(10)5(4)3-11-12/h2-3,13-14H,1H3. The van der Waals surface area contributed by atoms with Crippen LogP contribution < -0.4 is 5.56 Å². The molecule has 2 rings (SSSR count). The van der Waals surface area contributed by atoms with Gasteiger partial charge in [-0.05, 0) is 18.0 Å². The van der Waals surface area contributed by atoms with Crippen molar-refractivity contribution in [2.45, 2.75) is 0 Å². The van der Waals surface area contributed by atoms with Crippen molar-refractivity contribution in [3.05, 3.63) is 27.6 Å². The summed E-state index contributed by atoms with van der Waals surface area (Å²) >= 11 is 6.93. The molecule has 1 aromatic carbocycles. The van der Waals surface area contributed by atoms with Gasteiger partial charge in [-0.25, -0.2) is 0 Å². The molecule has 2 aromatic rings. The topological polar surface area (TPSA) is 75.3 Å². The molecule has 0 aliphatic carbocycles. The summed E-state index contributed by atoms with van der Waals surface area (Å²) < 4.78 is 1.16. The van der Waals surface area contributed by atoms with Crippen molar-refractivity contribution < 1.29 is 10.2 Å². The predicted octanol–water partition coefficient (Wildman–Crippen LogP) is 1.59. The van der Waals surface area contributed by atoms with Crippen LogP contribution in [0.4, 0.5) is 0 Å². The maximum absolute atomic E-state index is 11.8.